The molecule has 92 valence electrons. The van der Waals surface area contributed by atoms with Crippen molar-refractivity contribution in [3.63, 3.8) is 0 Å². The highest BCUT2D eigenvalue weighted by Crippen LogP contribution is 2.41. The van der Waals surface area contributed by atoms with Crippen molar-refractivity contribution in [1.82, 2.24) is 0 Å². The first-order valence-electron chi connectivity index (χ1n) is 5.90. The Morgan fingerprint density at radius 1 is 1.47 bits per heavy atom. The second-order valence-electron chi connectivity index (χ2n) is 4.72. The van der Waals surface area contributed by atoms with E-state index in [1.807, 2.05) is 25.1 Å². The van der Waals surface area contributed by atoms with Crippen molar-refractivity contribution in [2.24, 2.45) is 0 Å². The van der Waals surface area contributed by atoms with E-state index >= 15 is 0 Å². The number of ketones is 1. The van der Waals surface area contributed by atoms with E-state index in [2.05, 4.69) is 6.92 Å². The van der Waals surface area contributed by atoms with Gasteiger partial charge in [-0.3, -0.25) is 4.79 Å². The Morgan fingerprint density at radius 2 is 2.24 bits per heavy atom. The smallest absolute Gasteiger partial charge is 0.182 e. The third-order valence-corrected chi connectivity index (χ3v) is 4.82. The summed E-state index contributed by atoms with van der Waals surface area (Å²) in [6.45, 7) is 4.05. The highest BCUT2D eigenvalue weighted by molar-refractivity contribution is 8.01. The lowest BCUT2D eigenvalue weighted by molar-refractivity contribution is 0.0946. The van der Waals surface area contributed by atoms with E-state index in [9.17, 15) is 4.79 Å². The maximum atomic E-state index is 12.6. The molecule has 1 aromatic rings. The van der Waals surface area contributed by atoms with Crippen molar-refractivity contribution in [2.75, 3.05) is 12.9 Å². The van der Waals surface area contributed by atoms with Gasteiger partial charge in [-0.1, -0.05) is 11.6 Å². The molecule has 0 radical (unpaired) electrons. The molecule has 1 unspecified atom stereocenters. The summed E-state index contributed by atoms with van der Waals surface area (Å²) in [7, 11) is 1.62. The first kappa shape index (κ1) is 12.5. The van der Waals surface area contributed by atoms with E-state index in [0.29, 0.717) is 5.75 Å². The normalized spacial score (nSPS) is 23.7. The summed E-state index contributed by atoms with van der Waals surface area (Å²) in [5, 5.41) is 0. The van der Waals surface area contributed by atoms with Crippen LogP contribution in [0.5, 0.6) is 5.75 Å². The summed E-state index contributed by atoms with van der Waals surface area (Å²) < 4.78 is 5.03. The van der Waals surface area contributed by atoms with E-state index in [4.69, 9.17) is 4.74 Å². The third kappa shape index (κ3) is 2.34. The minimum absolute atomic E-state index is 0.209. The van der Waals surface area contributed by atoms with Crippen LogP contribution < -0.4 is 4.74 Å². The van der Waals surface area contributed by atoms with Gasteiger partial charge in [-0.05, 0) is 44.6 Å². The van der Waals surface area contributed by atoms with Gasteiger partial charge in [-0.15, -0.1) is 11.8 Å². The van der Waals surface area contributed by atoms with Crippen LogP contribution in [-0.4, -0.2) is 23.4 Å². The largest absolute Gasteiger partial charge is 0.496 e. The molecule has 2 rings (SSSR count). The number of methoxy groups -OCH3 is 1. The molecule has 1 aliphatic rings. The zero-order valence-electron chi connectivity index (χ0n) is 10.6. The van der Waals surface area contributed by atoms with Gasteiger partial charge < -0.3 is 4.74 Å². The van der Waals surface area contributed by atoms with Crippen molar-refractivity contribution < 1.29 is 9.53 Å². The molecule has 2 nitrogen and oxygen atoms in total. The number of hydrogen-bond donors (Lipinski definition) is 0. The summed E-state index contributed by atoms with van der Waals surface area (Å²) in [5.41, 5.74) is 1.82. The fourth-order valence-corrected chi connectivity index (χ4v) is 3.51. The van der Waals surface area contributed by atoms with Gasteiger partial charge in [0, 0.05) is 0 Å². The minimum atomic E-state index is -0.263. The number of Topliss-reactive ketones (excluding diaryl/α,β-unsaturated/α-hetero) is 1. The fourth-order valence-electron chi connectivity index (χ4n) is 2.24. The molecule has 0 saturated carbocycles. The Kier molecular flexibility index (Phi) is 3.48. The number of hydrogen-bond acceptors (Lipinski definition) is 3. The van der Waals surface area contributed by atoms with E-state index in [1.165, 1.54) is 0 Å². The predicted molar refractivity (Wildman–Crippen MR) is 72.2 cm³/mol. The quantitative estimate of drug-likeness (QED) is 0.768. The maximum absolute atomic E-state index is 12.6. The molecule has 0 aliphatic carbocycles. The summed E-state index contributed by atoms with van der Waals surface area (Å²) in [5.74, 6) is 1.98. The molecule has 1 fully saturated rings. The zero-order chi connectivity index (χ0) is 12.5. The van der Waals surface area contributed by atoms with Gasteiger partial charge in [0.05, 0.1) is 17.4 Å². The second-order valence-corrected chi connectivity index (χ2v) is 6.31. The molecule has 1 saturated heterocycles. The van der Waals surface area contributed by atoms with Crippen molar-refractivity contribution in [2.45, 2.75) is 31.4 Å². The Morgan fingerprint density at radius 3 is 2.82 bits per heavy atom. The van der Waals surface area contributed by atoms with E-state index in [0.717, 1.165) is 29.7 Å². The first-order chi connectivity index (χ1) is 8.07. The summed E-state index contributed by atoms with van der Waals surface area (Å²) in [6.07, 6.45) is 2.09. The lowest BCUT2D eigenvalue weighted by Gasteiger charge is -2.22. The van der Waals surface area contributed by atoms with E-state index in [-0.39, 0.29) is 10.5 Å². The molecule has 0 amide bonds. The SMILES string of the molecule is COc1ccc(C)cc1C(=O)C1(C)CCCS1. The number of rotatable bonds is 3. The van der Waals surface area contributed by atoms with Gasteiger partial charge in [0.15, 0.2) is 5.78 Å². The summed E-state index contributed by atoms with van der Waals surface area (Å²) >= 11 is 1.77. The topological polar surface area (TPSA) is 26.3 Å². The molecule has 1 heterocycles. The lowest BCUT2D eigenvalue weighted by Crippen LogP contribution is -2.29. The van der Waals surface area contributed by atoms with E-state index in [1.54, 1.807) is 18.9 Å². The zero-order valence-corrected chi connectivity index (χ0v) is 11.4. The van der Waals surface area contributed by atoms with E-state index < -0.39 is 0 Å². The second kappa shape index (κ2) is 4.73. The Labute approximate surface area is 107 Å². The molecule has 1 aromatic carbocycles. The number of thioether (sulfide) groups is 1. The monoisotopic (exact) mass is 250 g/mol. The van der Waals surface area contributed by atoms with Crippen LogP contribution in [0.15, 0.2) is 18.2 Å². The van der Waals surface area contributed by atoms with Gasteiger partial charge in [0.1, 0.15) is 5.75 Å². The Hall–Kier alpha value is -0.960. The van der Waals surface area contributed by atoms with Crippen molar-refractivity contribution in [1.29, 1.82) is 0 Å². The molecular weight excluding hydrogens is 232 g/mol. The van der Waals surface area contributed by atoms with Crippen LogP contribution >= 0.6 is 11.8 Å². The van der Waals surface area contributed by atoms with Gasteiger partial charge in [0.2, 0.25) is 0 Å². The van der Waals surface area contributed by atoms with Crippen LogP contribution in [-0.2, 0) is 0 Å². The number of carbonyl (C=O) groups is 1. The molecule has 0 bridgehead atoms. The van der Waals surface area contributed by atoms with Gasteiger partial charge >= 0.3 is 0 Å². The Balaban J connectivity index is 2.39. The number of aryl methyl sites for hydroxylation is 1. The molecule has 3 heteroatoms. The molecule has 1 atom stereocenters. The van der Waals surface area contributed by atoms with Crippen LogP contribution in [0.1, 0.15) is 35.7 Å². The van der Waals surface area contributed by atoms with Gasteiger partial charge in [-0.2, -0.15) is 0 Å². The molecule has 0 N–H and O–H groups in total. The maximum Gasteiger partial charge on any atom is 0.182 e. The first-order valence-corrected chi connectivity index (χ1v) is 6.89. The Bertz CT molecular complexity index is 434. The minimum Gasteiger partial charge on any atom is -0.496 e. The van der Waals surface area contributed by atoms with Crippen molar-refractivity contribution in [3.8, 4) is 5.75 Å². The van der Waals surface area contributed by atoms with Gasteiger partial charge in [-0.25, -0.2) is 0 Å². The molecule has 0 aromatic heterocycles. The number of carbonyl (C=O) groups excluding carboxylic acids is 1. The fraction of sp³-hybridized carbons (Fsp3) is 0.500. The van der Waals surface area contributed by atoms with Gasteiger partial charge in [0.25, 0.3) is 0 Å². The van der Waals surface area contributed by atoms with Crippen LogP contribution in [0.2, 0.25) is 0 Å². The molecule has 0 spiro atoms. The highest BCUT2D eigenvalue weighted by Gasteiger charge is 2.38. The van der Waals surface area contributed by atoms with Crippen LogP contribution in [0, 0.1) is 6.92 Å². The summed E-state index contributed by atoms with van der Waals surface area (Å²) in [4.78, 5) is 12.6. The van der Waals surface area contributed by atoms with Crippen molar-refractivity contribution >= 4 is 17.5 Å². The predicted octanol–water partition coefficient (Wildman–Crippen LogP) is 3.47. The third-order valence-electron chi connectivity index (χ3n) is 3.30. The number of benzene rings is 1. The lowest BCUT2D eigenvalue weighted by atomic mass is 9.93. The average molecular weight is 250 g/mol. The van der Waals surface area contributed by atoms with Crippen molar-refractivity contribution in [3.05, 3.63) is 29.3 Å². The number of ether oxygens (including phenoxy) is 1. The highest BCUT2D eigenvalue weighted by atomic mass is 32.2. The van der Waals surface area contributed by atoms with Crippen LogP contribution in [0.3, 0.4) is 0 Å². The molecule has 17 heavy (non-hydrogen) atoms. The standard InChI is InChI=1S/C14H18O2S/c1-10-5-6-12(16-3)11(9-10)13(15)14(2)7-4-8-17-14/h5-6,9H,4,7-8H2,1-3H3. The summed E-state index contributed by atoms with van der Waals surface area (Å²) in [6, 6.07) is 5.79. The van der Waals surface area contributed by atoms with Crippen LogP contribution in [0.4, 0.5) is 0 Å². The molecule has 1 aliphatic heterocycles. The molecular formula is C14H18O2S. The average Bonchev–Trinajstić information content (AvgIpc) is 2.76. The van der Waals surface area contributed by atoms with Crippen LogP contribution in [0.25, 0.3) is 0 Å².